The van der Waals surface area contributed by atoms with Gasteiger partial charge < -0.3 is 0 Å². The standard InChI is InChI=1S/C15H13ClF2.C8H11BrN2.C2H6/c1-9(2)10-5-3-6-11(15(10)18)14-12(16)7-4-8-13(14)17;1-5(2)7-4-10-6(3)8(9)11-7;1-2/h3-9H,1-2H3;4-5H,1-3H3;1-2H3. The molecule has 31 heavy (non-hydrogen) atoms. The van der Waals surface area contributed by atoms with Crippen LogP contribution < -0.4 is 0 Å². The first-order chi connectivity index (χ1) is 14.6. The molecule has 168 valence electrons. The molecule has 0 radical (unpaired) electrons. The van der Waals surface area contributed by atoms with Crippen LogP contribution in [-0.2, 0) is 0 Å². The molecule has 0 fully saturated rings. The highest BCUT2D eigenvalue weighted by molar-refractivity contribution is 9.10. The lowest BCUT2D eigenvalue weighted by molar-refractivity contribution is 0.596. The highest BCUT2D eigenvalue weighted by Gasteiger charge is 2.17. The van der Waals surface area contributed by atoms with Crippen molar-refractivity contribution >= 4 is 27.5 Å². The van der Waals surface area contributed by atoms with E-state index in [9.17, 15) is 8.78 Å². The van der Waals surface area contributed by atoms with Gasteiger partial charge in [-0.1, -0.05) is 77.4 Å². The molecule has 0 aliphatic heterocycles. The minimum atomic E-state index is -0.512. The third-order valence-electron chi connectivity index (χ3n) is 4.39. The van der Waals surface area contributed by atoms with Crippen molar-refractivity contribution in [1.82, 2.24) is 9.97 Å². The number of halogens is 4. The Balaban J connectivity index is 0.000000317. The summed E-state index contributed by atoms with van der Waals surface area (Å²) in [6, 6.07) is 9.32. The van der Waals surface area contributed by atoms with Gasteiger partial charge in [0.05, 0.1) is 16.4 Å². The van der Waals surface area contributed by atoms with Gasteiger partial charge >= 0.3 is 0 Å². The van der Waals surface area contributed by atoms with Crippen molar-refractivity contribution in [3.8, 4) is 11.1 Å². The molecule has 0 amide bonds. The van der Waals surface area contributed by atoms with Crippen molar-refractivity contribution in [1.29, 1.82) is 0 Å². The fourth-order valence-corrected chi connectivity index (χ4v) is 3.23. The van der Waals surface area contributed by atoms with Gasteiger partial charge in [0.2, 0.25) is 0 Å². The third-order valence-corrected chi connectivity index (χ3v) is 5.46. The van der Waals surface area contributed by atoms with Crippen LogP contribution in [0.15, 0.2) is 47.2 Å². The van der Waals surface area contributed by atoms with E-state index in [1.807, 2.05) is 40.8 Å². The van der Waals surface area contributed by atoms with Crippen molar-refractivity contribution in [2.24, 2.45) is 0 Å². The number of rotatable bonds is 3. The van der Waals surface area contributed by atoms with Crippen LogP contribution in [0.3, 0.4) is 0 Å². The predicted molar refractivity (Wildman–Crippen MR) is 131 cm³/mol. The third kappa shape index (κ3) is 7.36. The van der Waals surface area contributed by atoms with Crippen LogP contribution in [0.25, 0.3) is 11.1 Å². The molecule has 0 N–H and O–H groups in total. The van der Waals surface area contributed by atoms with Gasteiger partial charge in [-0.2, -0.15) is 0 Å². The summed E-state index contributed by atoms with van der Waals surface area (Å²) in [6.07, 6.45) is 1.82. The number of aryl methyl sites for hydroxylation is 1. The zero-order valence-electron chi connectivity index (χ0n) is 19.1. The van der Waals surface area contributed by atoms with E-state index < -0.39 is 11.6 Å². The van der Waals surface area contributed by atoms with E-state index in [1.54, 1.807) is 24.3 Å². The van der Waals surface area contributed by atoms with Gasteiger partial charge in [0.25, 0.3) is 0 Å². The van der Waals surface area contributed by atoms with E-state index in [4.69, 9.17) is 11.6 Å². The Morgan fingerprint density at radius 1 is 0.935 bits per heavy atom. The van der Waals surface area contributed by atoms with Crippen molar-refractivity contribution in [3.63, 3.8) is 0 Å². The van der Waals surface area contributed by atoms with Crippen molar-refractivity contribution in [2.45, 2.75) is 60.3 Å². The first-order valence-corrected chi connectivity index (χ1v) is 11.5. The summed E-state index contributed by atoms with van der Waals surface area (Å²) >= 11 is 9.30. The number of hydrogen-bond acceptors (Lipinski definition) is 2. The number of hydrogen-bond donors (Lipinski definition) is 0. The van der Waals surface area contributed by atoms with Gasteiger partial charge in [0, 0.05) is 17.3 Å². The van der Waals surface area contributed by atoms with Crippen LogP contribution in [0.1, 0.15) is 70.3 Å². The zero-order valence-corrected chi connectivity index (χ0v) is 21.4. The lowest BCUT2D eigenvalue weighted by Crippen LogP contribution is -1.97. The molecule has 2 aromatic carbocycles. The smallest absolute Gasteiger partial charge is 0.134 e. The maximum absolute atomic E-state index is 14.3. The Kier molecular flexibility index (Phi) is 11.3. The summed E-state index contributed by atoms with van der Waals surface area (Å²) < 4.78 is 29.0. The molecule has 1 aromatic heterocycles. The molecule has 3 aromatic rings. The topological polar surface area (TPSA) is 25.8 Å². The van der Waals surface area contributed by atoms with Gasteiger partial charge in [0.15, 0.2) is 0 Å². The summed E-state index contributed by atoms with van der Waals surface area (Å²) in [5.41, 5.74) is 2.87. The number of nitrogens with zero attached hydrogens (tertiary/aromatic N) is 2. The summed E-state index contributed by atoms with van der Waals surface area (Å²) in [5.74, 6) is -0.434. The second-order valence-corrected chi connectivity index (χ2v) is 8.44. The highest BCUT2D eigenvalue weighted by atomic mass is 79.9. The summed E-state index contributed by atoms with van der Waals surface area (Å²) in [6.45, 7) is 13.9. The molecule has 6 heteroatoms. The quantitative estimate of drug-likeness (QED) is 0.350. The van der Waals surface area contributed by atoms with Crippen LogP contribution in [0.5, 0.6) is 0 Å². The van der Waals surface area contributed by atoms with Gasteiger partial charge in [-0.25, -0.2) is 13.8 Å². The molecule has 0 aliphatic carbocycles. The van der Waals surface area contributed by atoms with E-state index in [-0.39, 0.29) is 22.1 Å². The first kappa shape index (κ1) is 27.2. The molecular weight excluding hydrogens is 482 g/mol. The molecule has 0 atom stereocenters. The van der Waals surface area contributed by atoms with Crippen LogP contribution >= 0.6 is 27.5 Å². The van der Waals surface area contributed by atoms with Gasteiger partial charge in [-0.3, -0.25) is 4.98 Å². The lowest BCUT2D eigenvalue weighted by atomic mass is 9.96. The van der Waals surface area contributed by atoms with Crippen LogP contribution in [0, 0.1) is 18.6 Å². The fraction of sp³-hybridized carbons (Fsp3) is 0.360. The Labute approximate surface area is 198 Å². The van der Waals surface area contributed by atoms with Crippen molar-refractivity contribution in [3.05, 3.63) is 80.8 Å². The molecule has 0 unspecified atom stereocenters. The van der Waals surface area contributed by atoms with Crippen LogP contribution in [-0.4, -0.2) is 9.97 Å². The van der Waals surface area contributed by atoms with Gasteiger partial charge in [0.1, 0.15) is 16.2 Å². The normalized spacial score (nSPS) is 10.4. The molecule has 0 saturated carbocycles. The number of aromatic nitrogens is 2. The first-order valence-electron chi connectivity index (χ1n) is 10.3. The molecular formula is C25H30BrClF2N2. The van der Waals surface area contributed by atoms with Crippen molar-refractivity contribution in [2.75, 3.05) is 0 Å². The van der Waals surface area contributed by atoms with Crippen LogP contribution in [0.4, 0.5) is 8.78 Å². The van der Waals surface area contributed by atoms with E-state index >= 15 is 0 Å². The fourth-order valence-electron chi connectivity index (χ4n) is 2.66. The van der Waals surface area contributed by atoms with E-state index in [0.717, 1.165) is 16.0 Å². The summed E-state index contributed by atoms with van der Waals surface area (Å²) in [7, 11) is 0. The Hall–Kier alpha value is -1.85. The average molecular weight is 512 g/mol. The second-order valence-electron chi connectivity index (χ2n) is 7.29. The monoisotopic (exact) mass is 510 g/mol. The molecule has 0 aliphatic rings. The molecule has 1 heterocycles. The maximum Gasteiger partial charge on any atom is 0.134 e. The summed E-state index contributed by atoms with van der Waals surface area (Å²) in [4.78, 5) is 8.52. The van der Waals surface area contributed by atoms with E-state index in [2.05, 4.69) is 39.7 Å². The maximum atomic E-state index is 14.3. The van der Waals surface area contributed by atoms with E-state index in [0.29, 0.717) is 11.5 Å². The molecule has 0 spiro atoms. The molecule has 0 saturated heterocycles. The Morgan fingerprint density at radius 2 is 1.55 bits per heavy atom. The largest absolute Gasteiger partial charge is 0.257 e. The predicted octanol–water partition coefficient (Wildman–Crippen LogP) is 9.11. The molecule has 0 bridgehead atoms. The molecule has 2 nitrogen and oxygen atoms in total. The minimum absolute atomic E-state index is 0.0375. The zero-order chi connectivity index (χ0) is 23.7. The van der Waals surface area contributed by atoms with Gasteiger partial charge in [-0.05, 0) is 52.4 Å². The van der Waals surface area contributed by atoms with Gasteiger partial charge in [-0.15, -0.1) is 0 Å². The lowest BCUT2D eigenvalue weighted by Gasteiger charge is -2.12. The molecule has 3 rings (SSSR count). The van der Waals surface area contributed by atoms with Crippen LogP contribution in [0.2, 0.25) is 5.02 Å². The SMILES string of the molecule is CC.CC(C)c1cccc(-c2c(F)cccc2Cl)c1F.Cc1ncc(C(C)C)nc1Br. The minimum Gasteiger partial charge on any atom is -0.257 e. The van der Waals surface area contributed by atoms with E-state index in [1.165, 1.54) is 12.1 Å². The number of benzene rings is 2. The Morgan fingerprint density at radius 3 is 2.06 bits per heavy atom. The van der Waals surface area contributed by atoms with Crippen molar-refractivity contribution < 1.29 is 8.78 Å². The second kappa shape index (κ2) is 12.9. The highest BCUT2D eigenvalue weighted by Crippen LogP contribution is 2.34. The Bertz CT molecular complexity index is 971. The average Bonchev–Trinajstić information content (AvgIpc) is 2.72. The summed E-state index contributed by atoms with van der Waals surface area (Å²) in [5, 5.41) is 0.217.